The fraction of sp³-hybridized carbons (Fsp3) is 0. The van der Waals surface area contributed by atoms with Crippen molar-refractivity contribution in [1.29, 1.82) is 0 Å². The van der Waals surface area contributed by atoms with Crippen LogP contribution in [0.25, 0.3) is 129 Å². The molecule has 0 atom stereocenters. The van der Waals surface area contributed by atoms with E-state index >= 15 is 0 Å². The molecule has 67 heavy (non-hydrogen) atoms. The second-order valence-electron chi connectivity index (χ2n) is 16.5. The molecule has 0 radical (unpaired) electrons. The van der Waals surface area contributed by atoms with E-state index in [1.54, 1.807) is 0 Å². The summed E-state index contributed by atoms with van der Waals surface area (Å²) in [5.74, 6) is 2.93. The van der Waals surface area contributed by atoms with E-state index in [1.807, 2.05) is 78.9 Å². The predicted molar refractivity (Wildman–Crippen MR) is 267 cm³/mol. The molecule has 4 aromatic heterocycles. The minimum absolute atomic E-state index is 0.577. The second kappa shape index (κ2) is 15.8. The maximum atomic E-state index is 6.10. The molecule has 0 spiro atoms. The third-order valence-electron chi connectivity index (χ3n) is 12.3. The Labute approximate surface area is 384 Å². The van der Waals surface area contributed by atoms with Gasteiger partial charge in [0.25, 0.3) is 0 Å². The number of fused-ring (bicyclic) bond motifs is 5. The number of benzene rings is 9. The van der Waals surface area contributed by atoms with E-state index in [0.717, 1.165) is 99.8 Å². The largest absolute Gasteiger partial charge is 0.436 e. The van der Waals surface area contributed by atoms with Crippen LogP contribution >= 0.6 is 0 Å². The third-order valence-corrected chi connectivity index (χ3v) is 12.3. The van der Waals surface area contributed by atoms with E-state index in [0.29, 0.717) is 29.3 Å². The molecule has 0 N–H and O–H groups in total. The number of aromatic nitrogens is 6. The molecular formula is C59H36N6O2. The monoisotopic (exact) mass is 860 g/mol. The Morgan fingerprint density at radius 2 is 0.731 bits per heavy atom. The highest BCUT2D eigenvalue weighted by Gasteiger charge is 2.18. The van der Waals surface area contributed by atoms with E-state index in [2.05, 4.69) is 144 Å². The van der Waals surface area contributed by atoms with E-state index < -0.39 is 0 Å². The van der Waals surface area contributed by atoms with Gasteiger partial charge in [-0.2, -0.15) is 0 Å². The lowest BCUT2D eigenvalue weighted by atomic mass is 10.0. The molecule has 314 valence electrons. The van der Waals surface area contributed by atoms with Crippen molar-refractivity contribution >= 4 is 44.0 Å². The van der Waals surface area contributed by atoms with E-state index in [4.69, 9.17) is 33.8 Å². The molecule has 0 bridgehead atoms. The molecule has 0 saturated carbocycles. The van der Waals surface area contributed by atoms with Gasteiger partial charge in [-0.15, -0.1) is 0 Å². The van der Waals surface area contributed by atoms with Crippen LogP contribution < -0.4 is 0 Å². The molecule has 13 rings (SSSR count). The van der Waals surface area contributed by atoms with Crippen molar-refractivity contribution in [2.45, 2.75) is 0 Å². The summed E-state index contributed by atoms with van der Waals surface area (Å²) in [6, 6.07) is 74.4. The molecule has 0 fully saturated rings. The van der Waals surface area contributed by atoms with Gasteiger partial charge in [0.1, 0.15) is 11.0 Å². The number of nitrogens with zero attached hydrogens (tertiary/aromatic N) is 6. The van der Waals surface area contributed by atoms with Gasteiger partial charge in [0.05, 0.1) is 11.0 Å². The SMILES string of the molecule is c1ccc(-n2c3ccccc3c3cc(-c4nc(-c5ccc(-c6cccc(-c7nc8ccccc8o7)c6)cc5)nc(-c5ccc(-c6cccc(-c7nc8ccccc8o7)c6)cc5)n4)ccc32)cc1. The van der Waals surface area contributed by atoms with Gasteiger partial charge in [-0.1, -0.05) is 133 Å². The number of para-hydroxylation sites is 6. The first kappa shape index (κ1) is 38.2. The predicted octanol–water partition coefficient (Wildman–Crippen LogP) is 14.9. The van der Waals surface area contributed by atoms with Gasteiger partial charge < -0.3 is 13.4 Å². The van der Waals surface area contributed by atoms with Crippen LogP contribution in [0.5, 0.6) is 0 Å². The van der Waals surface area contributed by atoms with Crippen LogP contribution in [-0.4, -0.2) is 29.5 Å². The summed E-state index contributed by atoms with van der Waals surface area (Å²) >= 11 is 0. The zero-order valence-corrected chi connectivity index (χ0v) is 35.8. The highest BCUT2D eigenvalue weighted by molar-refractivity contribution is 6.10. The Bertz CT molecular complexity index is 3740. The van der Waals surface area contributed by atoms with Crippen LogP contribution in [0, 0.1) is 0 Å². The minimum atomic E-state index is 0.577. The molecule has 8 nitrogen and oxygen atoms in total. The molecule has 0 unspecified atom stereocenters. The van der Waals surface area contributed by atoms with Crippen LogP contribution in [0.2, 0.25) is 0 Å². The lowest BCUT2D eigenvalue weighted by Gasteiger charge is -2.11. The molecule has 0 saturated heterocycles. The van der Waals surface area contributed by atoms with Crippen molar-refractivity contribution in [2.75, 3.05) is 0 Å². The van der Waals surface area contributed by atoms with Gasteiger partial charge >= 0.3 is 0 Å². The highest BCUT2D eigenvalue weighted by atomic mass is 16.4. The molecule has 0 aliphatic rings. The van der Waals surface area contributed by atoms with E-state index in [1.165, 1.54) is 0 Å². The zero-order valence-electron chi connectivity index (χ0n) is 35.8. The number of oxazole rings is 2. The number of hydrogen-bond acceptors (Lipinski definition) is 7. The molecule has 13 aromatic rings. The Morgan fingerprint density at radius 1 is 0.284 bits per heavy atom. The molecule has 4 heterocycles. The summed E-state index contributed by atoms with van der Waals surface area (Å²) in [7, 11) is 0. The topological polar surface area (TPSA) is 95.7 Å². The lowest BCUT2D eigenvalue weighted by molar-refractivity contribution is 0.619. The lowest BCUT2D eigenvalue weighted by Crippen LogP contribution is -2.00. The normalized spacial score (nSPS) is 11.6. The molecule has 0 aliphatic carbocycles. The van der Waals surface area contributed by atoms with Crippen molar-refractivity contribution in [2.24, 2.45) is 0 Å². The van der Waals surface area contributed by atoms with Crippen LogP contribution in [0.1, 0.15) is 0 Å². The van der Waals surface area contributed by atoms with Crippen LogP contribution in [0.4, 0.5) is 0 Å². The summed E-state index contributed by atoms with van der Waals surface area (Å²) in [6.07, 6.45) is 0. The summed E-state index contributed by atoms with van der Waals surface area (Å²) in [4.78, 5) is 25.0. The summed E-state index contributed by atoms with van der Waals surface area (Å²) in [5, 5.41) is 2.28. The average molecular weight is 861 g/mol. The fourth-order valence-electron chi connectivity index (χ4n) is 9.01. The summed E-state index contributed by atoms with van der Waals surface area (Å²) < 4.78 is 14.5. The maximum absolute atomic E-state index is 6.10. The zero-order chi connectivity index (χ0) is 44.3. The van der Waals surface area contributed by atoms with E-state index in [-0.39, 0.29) is 0 Å². The number of hydrogen-bond donors (Lipinski definition) is 0. The second-order valence-corrected chi connectivity index (χ2v) is 16.5. The Hall–Kier alpha value is -9.27. The summed E-state index contributed by atoms with van der Waals surface area (Å²) in [5.41, 5.74) is 15.2. The molecule has 9 aromatic carbocycles. The van der Waals surface area contributed by atoms with Gasteiger partial charge in [0.15, 0.2) is 28.6 Å². The van der Waals surface area contributed by atoms with Crippen LogP contribution in [-0.2, 0) is 0 Å². The maximum Gasteiger partial charge on any atom is 0.227 e. The van der Waals surface area contributed by atoms with Crippen LogP contribution in [0.3, 0.4) is 0 Å². The van der Waals surface area contributed by atoms with Crippen molar-refractivity contribution in [3.63, 3.8) is 0 Å². The third kappa shape index (κ3) is 6.92. The Morgan fingerprint density at radius 3 is 1.30 bits per heavy atom. The smallest absolute Gasteiger partial charge is 0.227 e. The van der Waals surface area contributed by atoms with Crippen LogP contribution in [0.15, 0.2) is 227 Å². The first-order valence-corrected chi connectivity index (χ1v) is 22.1. The molecule has 0 amide bonds. The number of rotatable bonds is 8. The average Bonchev–Trinajstić information content (AvgIpc) is 4.13. The standard InChI is InChI=1S/C59H36N6O2/c1-2-16-46(17-3-1)65-51-21-7-4-18-47(51)48-36-43(32-33-52(48)65)57-63-55(39-28-24-37(25-29-39)41-12-10-14-44(34-41)58-60-49-19-5-8-22-53(49)66-58)62-56(64-57)40-30-26-38(27-31-40)42-13-11-15-45(35-42)59-61-50-20-6-9-23-54(50)67-59/h1-36H. The Balaban J connectivity index is 0.890. The van der Waals surface area contributed by atoms with Gasteiger partial charge in [0.2, 0.25) is 11.8 Å². The minimum Gasteiger partial charge on any atom is -0.436 e. The Kier molecular flexibility index (Phi) is 8.99. The quantitative estimate of drug-likeness (QED) is 0.150. The molecule has 8 heteroatoms. The van der Waals surface area contributed by atoms with Crippen molar-refractivity contribution < 1.29 is 8.83 Å². The summed E-state index contributed by atoms with van der Waals surface area (Å²) in [6.45, 7) is 0. The van der Waals surface area contributed by atoms with Crippen molar-refractivity contribution in [1.82, 2.24) is 29.5 Å². The first-order chi connectivity index (χ1) is 33.1. The van der Waals surface area contributed by atoms with Crippen molar-refractivity contribution in [3.05, 3.63) is 218 Å². The highest BCUT2D eigenvalue weighted by Crippen LogP contribution is 2.37. The molecular weight excluding hydrogens is 825 g/mol. The van der Waals surface area contributed by atoms with Gasteiger partial charge in [-0.05, 0) is 107 Å². The molecule has 0 aliphatic heterocycles. The van der Waals surface area contributed by atoms with Gasteiger partial charge in [0, 0.05) is 44.3 Å². The van der Waals surface area contributed by atoms with Gasteiger partial charge in [-0.25, -0.2) is 24.9 Å². The van der Waals surface area contributed by atoms with Gasteiger partial charge in [-0.3, -0.25) is 0 Å². The van der Waals surface area contributed by atoms with Crippen molar-refractivity contribution in [3.8, 4) is 85.0 Å². The fourth-order valence-corrected chi connectivity index (χ4v) is 9.01. The first-order valence-electron chi connectivity index (χ1n) is 22.1. The van der Waals surface area contributed by atoms with E-state index in [9.17, 15) is 0 Å².